The summed E-state index contributed by atoms with van der Waals surface area (Å²) in [5, 5.41) is 6.74. The molecule has 1 aromatic carbocycles. The molecule has 0 saturated carbocycles. The summed E-state index contributed by atoms with van der Waals surface area (Å²) >= 11 is 0. The van der Waals surface area contributed by atoms with Gasteiger partial charge in [-0.3, -0.25) is 0 Å². The van der Waals surface area contributed by atoms with Crippen LogP contribution in [-0.2, 0) is 6.54 Å². The first-order valence-corrected chi connectivity index (χ1v) is 7.97. The van der Waals surface area contributed by atoms with Gasteiger partial charge in [0.25, 0.3) is 0 Å². The van der Waals surface area contributed by atoms with Crippen molar-refractivity contribution in [2.75, 3.05) is 38.6 Å². The zero-order valence-corrected chi connectivity index (χ0v) is 12.8. The van der Waals surface area contributed by atoms with Gasteiger partial charge in [-0.25, -0.2) is 0 Å². The summed E-state index contributed by atoms with van der Waals surface area (Å²) in [6, 6.07) is 7.00. The molecule has 1 unspecified atom stereocenters. The Kier molecular flexibility index (Phi) is 4.27. The fraction of sp³-hybridized carbons (Fsp3) is 0.647. The molecule has 2 N–H and O–H groups in total. The molecule has 20 heavy (non-hydrogen) atoms. The number of nitrogens with one attached hydrogen (secondary N) is 2. The van der Waals surface area contributed by atoms with E-state index < -0.39 is 0 Å². The van der Waals surface area contributed by atoms with Gasteiger partial charge in [0.1, 0.15) is 0 Å². The number of fused-ring (bicyclic) bond motifs is 1. The summed E-state index contributed by atoms with van der Waals surface area (Å²) < 4.78 is 0. The molecule has 2 aliphatic rings. The third kappa shape index (κ3) is 2.84. The van der Waals surface area contributed by atoms with Gasteiger partial charge >= 0.3 is 0 Å². The van der Waals surface area contributed by atoms with E-state index in [4.69, 9.17) is 0 Å². The first-order valence-electron chi connectivity index (χ1n) is 7.97. The van der Waals surface area contributed by atoms with Crippen LogP contribution < -0.4 is 15.5 Å². The molecule has 3 rings (SSSR count). The molecule has 2 heterocycles. The second kappa shape index (κ2) is 6.15. The van der Waals surface area contributed by atoms with Crippen molar-refractivity contribution in [1.82, 2.24) is 10.6 Å². The summed E-state index contributed by atoms with van der Waals surface area (Å²) in [6.07, 6.45) is 4.07. The minimum atomic E-state index is 0.731. The van der Waals surface area contributed by atoms with Gasteiger partial charge in [0.2, 0.25) is 0 Å². The van der Waals surface area contributed by atoms with E-state index in [-0.39, 0.29) is 0 Å². The molecule has 0 spiro atoms. The molecular formula is C17H27N3. The van der Waals surface area contributed by atoms with Crippen molar-refractivity contribution < 1.29 is 0 Å². The largest absolute Gasteiger partial charge is 0.374 e. The van der Waals surface area contributed by atoms with Crippen molar-refractivity contribution in [2.24, 2.45) is 5.92 Å². The average Bonchev–Trinajstić information content (AvgIpc) is 2.77. The maximum Gasteiger partial charge on any atom is 0.0400 e. The van der Waals surface area contributed by atoms with Crippen molar-refractivity contribution in [3.05, 3.63) is 29.3 Å². The topological polar surface area (TPSA) is 27.3 Å². The number of hydrogen-bond acceptors (Lipinski definition) is 3. The molecule has 1 atom stereocenters. The monoisotopic (exact) mass is 273 g/mol. The van der Waals surface area contributed by atoms with E-state index in [1.807, 2.05) is 7.05 Å². The van der Waals surface area contributed by atoms with Crippen LogP contribution in [0, 0.1) is 5.92 Å². The van der Waals surface area contributed by atoms with Gasteiger partial charge in [0.15, 0.2) is 0 Å². The van der Waals surface area contributed by atoms with Crippen LogP contribution in [0.2, 0.25) is 0 Å². The first kappa shape index (κ1) is 13.9. The second-order valence-electron chi connectivity index (χ2n) is 6.43. The number of likely N-dealkylation sites (N-methyl/N-ethyl adjacent to an activating group) is 1. The molecule has 3 nitrogen and oxygen atoms in total. The van der Waals surface area contributed by atoms with E-state index in [0.29, 0.717) is 0 Å². The molecule has 2 aliphatic heterocycles. The van der Waals surface area contributed by atoms with Crippen molar-refractivity contribution in [3.63, 3.8) is 0 Å². The minimum Gasteiger partial charge on any atom is -0.374 e. The number of piperidine rings is 1. The van der Waals surface area contributed by atoms with Gasteiger partial charge in [-0.05, 0) is 62.5 Å². The molecule has 0 radical (unpaired) electrons. The van der Waals surface area contributed by atoms with E-state index in [2.05, 4.69) is 40.8 Å². The SMILES string of the molecule is CNCc1ccc2c(c1)C(CC1CCNCC1)CN2C. The third-order valence-electron chi connectivity index (χ3n) is 4.89. The molecule has 3 heteroatoms. The van der Waals surface area contributed by atoms with Gasteiger partial charge in [0, 0.05) is 31.7 Å². The quantitative estimate of drug-likeness (QED) is 0.881. The van der Waals surface area contributed by atoms with Gasteiger partial charge in [-0.1, -0.05) is 12.1 Å². The summed E-state index contributed by atoms with van der Waals surface area (Å²) in [5.41, 5.74) is 4.44. The lowest BCUT2D eigenvalue weighted by atomic mass is 9.85. The van der Waals surface area contributed by atoms with Crippen LogP contribution in [0.15, 0.2) is 18.2 Å². The number of rotatable bonds is 4. The smallest absolute Gasteiger partial charge is 0.0400 e. The first-order chi connectivity index (χ1) is 9.78. The van der Waals surface area contributed by atoms with E-state index in [0.717, 1.165) is 18.4 Å². The van der Waals surface area contributed by atoms with Crippen LogP contribution in [0.4, 0.5) is 5.69 Å². The summed E-state index contributed by atoms with van der Waals surface area (Å²) in [7, 11) is 4.25. The van der Waals surface area contributed by atoms with Crippen molar-refractivity contribution in [3.8, 4) is 0 Å². The number of anilines is 1. The van der Waals surface area contributed by atoms with Crippen molar-refractivity contribution >= 4 is 5.69 Å². The van der Waals surface area contributed by atoms with Crippen molar-refractivity contribution in [1.29, 1.82) is 0 Å². The lowest BCUT2D eigenvalue weighted by molar-refractivity contribution is 0.335. The number of hydrogen-bond donors (Lipinski definition) is 2. The highest BCUT2D eigenvalue weighted by Crippen LogP contribution is 2.40. The molecule has 0 bridgehead atoms. The summed E-state index contributed by atoms with van der Waals surface area (Å²) in [6.45, 7) is 4.58. The summed E-state index contributed by atoms with van der Waals surface area (Å²) in [5.74, 6) is 1.64. The fourth-order valence-electron chi connectivity index (χ4n) is 3.84. The zero-order chi connectivity index (χ0) is 13.9. The van der Waals surface area contributed by atoms with Gasteiger partial charge in [-0.15, -0.1) is 0 Å². The predicted molar refractivity (Wildman–Crippen MR) is 85.4 cm³/mol. The second-order valence-corrected chi connectivity index (χ2v) is 6.43. The van der Waals surface area contributed by atoms with Gasteiger partial charge in [0.05, 0.1) is 0 Å². The fourth-order valence-corrected chi connectivity index (χ4v) is 3.84. The highest BCUT2D eigenvalue weighted by Gasteiger charge is 2.29. The van der Waals surface area contributed by atoms with Crippen LogP contribution in [-0.4, -0.2) is 33.7 Å². The van der Waals surface area contributed by atoms with Gasteiger partial charge < -0.3 is 15.5 Å². The van der Waals surface area contributed by atoms with Crippen LogP contribution >= 0.6 is 0 Å². The lowest BCUT2D eigenvalue weighted by Gasteiger charge is -2.25. The van der Waals surface area contributed by atoms with E-state index in [1.54, 1.807) is 5.56 Å². The Morgan fingerprint density at radius 3 is 2.85 bits per heavy atom. The third-order valence-corrected chi connectivity index (χ3v) is 4.89. The molecule has 1 fully saturated rings. The highest BCUT2D eigenvalue weighted by atomic mass is 15.1. The Morgan fingerprint density at radius 1 is 1.30 bits per heavy atom. The van der Waals surface area contributed by atoms with Crippen LogP contribution in [0.3, 0.4) is 0 Å². The maximum absolute atomic E-state index is 3.47. The molecule has 1 saturated heterocycles. The zero-order valence-electron chi connectivity index (χ0n) is 12.8. The maximum atomic E-state index is 3.47. The highest BCUT2D eigenvalue weighted by molar-refractivity contribution is 5.60. The predicted octanol–water partition coefficient (Wildman–Crippen LogP) is 2.33. The summed E-state index contributed by atoms with van der Waals surface area (Å²) in [4.78, 5) is 2.43. The normalized spacial score (nSPS) is 23.1. The molecule has 0 amide bonds. The van der Waals surface area contributed by atoms with E-state index in [9.17, 15) is 0 Å². The molecule has 1 aromatic rings. The Bertz CT molecular complexity index is 452. The molecule has 0 aromatic heterocycles. The van der Waals surface area contributed by atoms with Crippen LogP contribution in [0.1, 0.15) is 36.3 Å². The Hall–Kier alpha value is -1.06. The number of nitrogens with zero attached hydrogens (tertiary/aromatic N) is 1. The van der Waals surface area contributed by atoms with Crippen LogP contribution in [0.5, 0.6) is 0 Å². The Labute approximate surface area is 122 Å². The Morgan fingerprint density at radius 2 is 2.10 bits per heavy atom. The van der Waals surface area contributed by atoms with Crippen LogP contribution in [0.25, 0.3) is 0 Å². The van der Waals surface area contributed by atoms with E-state index in [1.165, 1.54) is 50.1 Å². The van der Waals surface area contributed by atoms with E-state index >= 15 is 0 Å². The van der Waals surface area contributed by atoms with Gasteiger partial charge in [-0.2, -0.15) is 0 Å². The van der Waals surface area contributed by atoms with Crippen molar-refractivity contribution in [2.45, 2.75) is 31.7 Å². The molecule has 110 valence electrons. The molecular weight excluding hydrogens is 246 g/mol. The standard InChI is InChI=1S/C17H27N3/c1-18-11-14-3-4-17-16(10-14)15(12-20(17)2)9-13-5-7-19-8-6-13/h3-4,10,13,15,18-19H,5-9,11-12H2,1-2H3. The average molecular weight is 273 g/mol. The number of benzene rings is 1. The minimum absolute atomic E-state index is 0.731. The molecule has 0 aliphatic carbocycles. The Balaban J connectivity index is 1.76. The lowest BCUT2D eigenvalue weighted by Crippen LogP contribution is -2.29.